The Morgan fingerprint density at radius 1 is 1.47 bits per heavy atom. The number of carbonyl (C=O) groups is 2. The number of nitrogens with two attached hydrogens (primary N) is 1. The molecule has 2 unspecified atom stereocenters. The third kappa shape index (κ3) is 6.23. The fourth-order valence-electron chi connectivity index (χ4n) is 1.39. The molecule has 6 nitrogen and oxygen atoms in total. The van der Waals surface area contributed by atoms with Gasteiger partial charge in [0.25, 0.3) is 0 Å². The van der Waals surface area contributed by atoms with E-state index >= 15 is 0 Å². The third-order valence-corrected chi connectivity index (χ3v) is 2.90. The lowest BCUT2D eigenvalue weighted by atomic mass is 10.0. The van der Waals surface area contributed by atoms with Crippen LogP contribution in [0, 0.1) is 5.92 Å². The Morgan fingerprint density at radius 2 is 2.06 bits per heavy atom. The molecule has 0 radical (unpaired) electrons. The van der Waals surface area contributed by atoms with Gasteiger partial charge in [0.1, 0.15) is 12.1 Å². The van der Waals surface area contributed by atoms with Crippen LogP contribution in [0.15, 0.2) is 0 Å². The molecule has 17 heavy (non-hydrogen) atoms. The lowest BCUT2D eigenvalue weighted by Crippen LogP contribution is -2.36. The summed E-state index contributed by atoms with van der Waals surface area (Å²) in [6.45, 7) is 4.61. The summed E-state index contributed by atoms with van der Waals surface area (Å²) in [5.74, 6) is -1.56. The molecule has 100 valence electrons. The van der Waals surface area contributed by atoms with E-state index in [2.05, 4.69) is 5.32 Å². The molecule has 5 N–H and O–H groups in total. The summed E-state index contributed by atoms with van der Waals surface area (Å²) in [5, 5.41) is 19.6. The summed E-state index contributed by atoms with van der Waals surface area (Å²) < 4.78 is 0. The van der Waals surface area contributed by atoms with Gasteiger partial charge in [-0.2, -0.15) is 0 Å². The van der Waals surface area contributed by atoms with Crippen molar-refractivity contribution in [1.29, 1.82) is 0 Å². The predicted octanol–water partition coefficient (Wildman–Crippen LogP) is 0.267. The molecule has 1 aliphatic heterocycles. The normalized spacial score (nSPS) is 22.2. The summed E-state index contributed by atoms with van der Waals surface area (Å²) in [6.07, 6.45) is 2.60. The van der Waals surface area contributed by atoms with Crippen molar-refractivity contribution < 1.29 is 19.8 Å². The molecule has 1 fully saturated rings. The molecule has 6 heteroatoms. The second-order valence-corrected chi connectivity index (χ2v) is 4.24. The van der Waals surface area contributed by atoms with E-state index in [1.165, 1.54) is 0 Å². The maximum Gasteiger partial charge on any atom is 0.320 e. The standard InChI is InChI=1S/C6H13NO2.C5H9NO2/c1-3-4(2)5(7)6(8)9;7-5(8)4-2-1-3-6-4/h4-5H,3,7H2,1-2H3,(H,8,9);4,6H,1-3H2,(H,7,8)/t;4-/m.0/s1. The number of rotatable bonds is 4. The first-order valence-electron chi connectivity index (χ1n) is 5.84. The van der Waals surface area contributed by atoms with Crippen LogP contribution in [0.4, 0.5) is 0 Å². The Labute approximate surface area is 101 Å². The Balaban J connectivity index is 0.000000302. The summed E-state index contributed by atoms with van der Waals surface area (Å²) in [5.41, 5.74) is 5.27. The van der Waals surface area contributed by atoms with E-state index in [0.29, 0.717) is 0 Å². The van der Waals surface area contributed by atoms with Crippen molar-refractivity contribution >= 4 is 11.9 Å². The average molecular weight is 246 g/mol. The molecule has 1 rings (SSSR count). The predicted molar refractivity (Wildman–Crippen MR) is 63.7 cm³/mol. The molecular weight excluding hydrogens is 224 g/mol. The number of hydrogen-bond acceptors (Lipinski definition) is 4. The number of nitrogens with one attached hydrogen (secondary N) is 1. The fraction of sp³-hybridized carbons (Fsp3) is 0.818. The minimum absolute atomic E-state index is 0.0718. The molecule has 0 bridgehead atoms. The van der Waals surface area contributed by atoms with E-state index in [0.717, 1.165) is 25.8 Å². The van der Waals surface area contributed by atoms with Gasteiger partial charge in [-0.25, -0.2) is 0 Å². The van der Waals surface area contributed by atoms with E-state index in [1.807, 2.05) is 13.8 Å². The molecule has 0 aromatic rings. The highest BCUT2D eigenvalue weighted by Gasteiger charge is 2.20. The fourth-order valence-corrected chi connectivity index (χ4v) is 1.39. The monoisotopic (exact) mass is 246 g/mol. The SMILES string of the molecule is CCC(C)C(N)C(=O)O.O=C(O)[C@@H]1CCCN1. The Bertz CT molecular complexity index is 252. The molecule has 0 spiro atoms. The Hall–Kier alpha value is -1.14. The summed E-state index contributed by atoms with van der Waals surface area (Å²) in [4.78, 5) is 20.3. The van der Waals surface area contributed by atoms with Crippen LogP contribution in [-0.2, 0) is 9.59 Å². The van der Waals surface area contributed by atoms with Gasteiger partial charge in [0.2, 0.25) is 0 Å². The van der Waals surface area contributed by atoms with Crippen LogP contribution in [-0.4, -0.2) is 40.8 Å². The van der Waals surface area contributed by atoms with Gasteiger partial charge >= 0.3 is 11.9 Å². The largest absolute Gasteiger partial charge is 0.480 e. The van der Waals surface area contributed by atoms with Gasteiger partial charge in [-0.3, -0.25) is 9.59 Å². The van der Waals surface area contributed by atoms with E-state index < -0.39 is 18.0 Å². The van der Waals surface area contributed by atoms with Crippen molar-refractivity contribution in [3.05, 3.63) is 0 Å². The topological polar surface area (TPSA) is 113 Å². The maximum atomic E-state index is 10.2. The number of aliphatic carboxylic acids is 2. The lowest BCUT2D eigenvalue weighted by Gasteiger charge is -2.11. The van der Waals surface area contributed by atoms with E-state index in [-0.39, 0.29) is 12.0 Å². The van der Waals surface area contributed by atoms with Crippen LogP contribution >= 0.6 is 0 Å². The number of carboxylic acid groups (broad SMARTS) is 2. The summed E-state index contributed by atoms with van der Waals surface area (Å²) >= 11 is 0. The minimum Gasteiger partial charge on any atom is -0.480 e. The van der Waals surface area contributed by atoms with Crippen LogP contribution < -0.4 is 11.1 Å². The van der Waals surface area contributed by atoms with Crippen molar-refractivity contribution in [2.24, 2.45) is 11.7 Å². The second-order valence-electron chi connectivity index (χ2n) is 4.24. The van der Waals surface area contributed by atoms with Gasteiger partial charge in [0.15, 0.2) is 0 Å². The lowest BCUT2D eigenvalue weighted by molar-refractivity contribution is -0.140. The molecule has 0 aromatic carbocycles. The zero-order valence-corrected chi connectivity index (χ0v) is 10.3. The van der Waals surface area contributed by atoms with Gasteiger partial charge < -0.3 is 21.3 Å². The van der Waals surface area contributed by atoms with Gasteiger partial charge in [0.05, 0.1) is 0 Å². The molecule has 0 aliphatic carbocycles. The number of hydrogen-bond donors (Lipinski definition) is 4. The zero-order chi connectivity index (χ0) is 13.4. The average Bonchev–Trinajstić information content (AvgIpc) is 2.81. The number of carboxylic acids is 2. The molecular formula is C11H22N2O4. The molecule has 1 aliphatic rings. The van der Waals surface area contributed by atoms with Crippen molar-refractivity contribution in [3.63, 3.8) is 0 Å². The van der Waals surface area contributed by atoms with Crippen LogP contribution in [0.1, 0.15) is 33.1 Å². The Morgan fingerprint density at radius 3 is 2.24 bits per heavy atom. The highest BCUT2D eigenvalue weighted by Crippen LogP contribution is 2.04. The molecule has 1 saturated heterocycles. The van der Waals surface area contributed by atoms with Crippen LogP contribution in [0.25, 0.3) is 0 Å². The van der Waals surface area contributed by atoms with Gasteiger partial charge in [-0.15, -0.1) is 0 Å². The van der Waals surface area contributed by atoms with E-state index in [1.54, 1.807) is 0 Å². The van der Waals surface area contributed by atoms with Gasteiger partial charge in [-0.1, -0.05) is 20.3 Å². The smallest absolute Gasteiger partial charge is 0.320 e. The highest BCUT2D eigenvalue weighted by atomic mass is 16.4. The molecule has 1 heterocycles. The summed E-state index contributed by atoms with van der Waals surface area (Å²) in [7, 11) is 0. The van der Waals surface area contributed by atoms with Crippen LogP contribution in [0.2, 0.25) is 0 Å². The van der Waals surface area contributed by atoms with Crippen molar-refractivity contribution in [1.82, 2.24) is 5.32 Å². The molecule has 0 saturated carbocycles. The maximum absolute atomic E-state index is 10.2. The van der Waals surface area contributed by atoms with Crippen molar-refractivity contribution in [2.75, 3.05) is 6.54 Å². The first-order chi connectivity index (χ1) is 7.90. The van der Waals surface area contributed by atoms with Crippen molar-refractivity contribution in [2.45, 2.75) is 45.2 Å². The highest BCUT2D eigenvalue weighted by molar-refractivity contribution is 5.73. The van der Waals surface area contributed by atoms with Gasteiger partial charge in [0, 0.05) is 0 Å². The van der Waals surface area contributed by atoms with Crippen LogP contribution in [0.5, 0.6) is 0 Å². The zero-order valence-electron chi connectivity index (χ0n) is 10.3. The van der Waals surface area contributed by atoms with Gasteiger partial charge in [-0.05, 0) is 25.3 Å². The first-order valence-corrected chi connectivity index (χ1v) is 5.84. The third-order valence-electron chi connectivity index (χ3n) is 2.90. The van der Waals surface area contributed by atoms with Crippen molar-refractivity contribution in [3.8, 4) is 0 Å². The molecule has 3 atom stereocenters. The van der Waals surface area contributed by atoms with Crippen LogP contribution in [0.3, 0.4) is 0 Å². The summed E-state index contributed by atoms with van der Waals surface area (Å²) in [6, 6.07) is -0.968. The first kappa shape index (κ1) is 15.9. The molecule has 0 amide bonds. The quantitative estimate of drug-likeness (QED) is 0.566. The Kier molecular flexibility index (Phi) is 7.49. The molecule has 0 aromatic heterocycles. The van der Waals surface area contributed by atoms with E-state index in [9.17, 15) is 9.59 Å². The minimum atomic E-state index is -0.913. The van der Waals surface area contributed by atoms with E-state index in [4.69, 9.17) is 15.9 Å². The second kappa shape index (κ2) is 8.03.